The Labute approximate surface area is 219 Å². The molecule has 0 fully saturated rings. The summed E-state index contributed by atoms with van der Waals surface area (Å²) in [4.78, 5) is 22.2. The van der Waals surface area contributed by atoms with Crippen LogP contribution in [0.4, 0.5) is 31.1 Å². The lowest BCUT2D eigenvalue weighted by atomic mass is 9.99. The molecule has 0 aliphatic heterocycles. The molecule has 4 aromatic rings. The Balaban J connectivity index is 1.65. The van der Waals surface area contributed by atoms with E-state index in [1.54, 1.807) is 36.7 Å². The highest BCUT2D eigenvalue weighted by Gasteiger charge is 2.37. The summed E-state index contributed by atoms with van der Waals surface area (Å²) in [5, 5.41) is 0. The number of carbonyl (C=O) groups is 1. The average Bonchev–Trinajstić information content (AvgIpc) is 2.88. The van der Waals surface area contributed by atoms with E-state index in [1.807, 2.05) is 25.1 Å². The van der Waals surface area contributed by atoms with Crippen molar-refractivity contribution in [3.05, 3.63) is 102 Å². The fourth-order valence-electron chi connectivity index (χ4n) is 3.91. The fraction of sp³-hybridized carbons (Fsp3) is 0.179. The predicted octanol–water partition coefficient (Wildman–Crippen LogP) is 7.79. The maximum atomic E-state index is 13.2. The van der Waals surface area contributed by atoms with Crippen molar-refractivity contribution in [3.63, 3.8) is 0 Å². The molecular weight excluding hydrogens is 524 g/mol. The number of pyridine rings is 2. The molecule has 0 spiro atoms. The third kappa shape index (κ3) is 6.54. The van der Waals surface area contributed by atoms with Crippen LogP contribution in [0.25, 0.3) is 22.4 Å². The molecule has 0 atom stereocenters. The summed E-state index contributed by atoms with van der Waals surface area (Å²) in [6.45, 7) is 1.31. The van der Waals surface area contributed by atoms with Crippen LogP contribution < -0.4 is 4.74 Å². The zero-order valence-corrected chi connectivity index (χ0v) is 20.6. The topological polar surface area (TPSA) is 55.3 Å². The molecular formula is C28H21F6N3O2. The highest BCUT2D eigenvalue weighted by Crippen LogP contribution is 2.37. The summed E-state index contributed by atoms with van der Waals surface area (Å²) in [6.07, 6.45) is -6.44. The SMILES string of the molecule is Cc1ccccc1-c1cc(-c2ccncc2)ncc1OC(=O)N(C)Cc1cc(C(F)(F)F)cc(C(F)(F)F)c1. The lowest BCUT2D eigenvalue weighted by Crippen LogP contribution is -2.29. The van der Waals surface area contributed by atoms with Crippen LogP contribution in [0, 0.1) is 6.92 Å². The van der Waals surface area contributed by atoms with Crippen molar-refractivity contribution in [2.75, 3.05) is 7.05 Å². The zero-order valence-electron chi connectivity index (χ0n) is 20.6. The third-order valence-corrected chi connectivity index (χ3v) is 5.85. The number of nitrogens with zero attached hydrogens (tertiary/aromatic N) is 3. The van der Waals surface area contributed by atoms with E-state index >= 15 is 0 Å². The summed E-state index contributed by atoms with van der Waals surface area (Å²) in [5.74, 6) is 0.0685. The van der Waals surface area contributed by atoms with Crippen molar-refractivity contribution in [2.24, 2.45) is 0 Å². The molecule has 0 saturated heterocycles. The van der Waals surface area contributed by atoms with E-state index in [0.29, 0.717) is 23.4 Å². The number of hydrogen-bond donors (Lipinski definition) is 0. The number of ether oxygens (including phenoxy) is 1. The van der Waals surface area contributed by atoms with Gasteiger partial charge in [-0.05, 0) is 60.0 Å². The average molecular weight is 545 g/mol. The third-order valence-electron chi connectivity index (χ3n) is 5.85. The highest BCUT2D eigenvalue weighted by atomic mass is 19.4. The lowest BCUT2D eigenvalue weighted by molar-refractivity contribution is -0.143. The molecule has 39 heavy (non-hydrogen) atoms. The van der Waals surface area contributed by atoms with E-state index in [2.05, 4.69) is 9.97 Å². The fourth-order valence-corrected chi connectivity index (χ4v) is 3.91. The minimum atomic E-state index is -5.00. The van der Waals surface area contributed by atoms with Crippen molar-refractivity contribution in [3.8, 4) is 28.1 Å². The van der Waals surface area contributed by atoms with Crippen LogP contribution in [0.1, 0.15) is 22.3 Å². The molecule has 11 heteroatoms. The second-order valence-electron chi connectivity index (χ2n) is 8.75. The van der Waals surface area contributed by atoms with Gasteiger partial charge in [-0.2, -0.15) is 26.3 Å². The number of amides is 1. The van der Waals surface area contributed by atoms with Crippen LogP contribution in [0.2, 0.25) is 0 Å². The zero-order chi connectivity index (χ0) is 28.4. The molecule has 0 unspecified atom stereocenters. The van der Waals surface area contributed by atoms with Gasteiger partial charge in [0.1, 0.15) is 0 Å². The minimum Gasteiger partial charge on any atom is -0.408 e. The molecule has 2 heterocycles. The van der Waals surface area contributed by atoms with Gasteiger partial charge in [-0.25, -0.2) is 4.79 Å². The number of halogens is 6. The Kier molecular flexibility index (Phi) is 7.62. The van der Waals surface area contributed by atoms with Gasteiger partial charge >= 0.3 is 18.4 Å². The molecule has 0 saturated carbocycles. The quantitative estimate of drug-likeness (QED) is 0.240. The van der Waals surface area contributed by atoms with Gasteiger partial charge in [0.05, 0.1) is 23.0 Å². The second-order valence-corrected chi connectivity index (χ2v) is 8.75. The number of carbonyl (C=O) groups excluding carboxylic acids is 1. The number of rotatable bonds is 5. The molecule has 0 bridgehead atoms. The lowest BCUT2D eigenvalue weighted by Gasteiger charge is -2.20. The van der Waals surface area contributed by atoms with Gasteiger partial charge in [0.25, 0.3) is 0 Å². The maximum absolute atomic E-state index is 13.2. The first kappa shape index (κ1) is 27.6. The molecule has 1 amide bonds. The largest absolute Gasteiger partial charge is 0.416 e. The number of aromatic nitrogens is 2. The Morgan fingerprint density at radius 1 is 0.872 bits per heavy atom. The van der Waals surface area contributed by atoms with Crippen molar-refractivity contribution < 1.29 is 35.9 Å². The van der Waals surface area contributed by atoms with E-state index in [1.165, 1.54) is 13.2 Å². The van der Waals surface area contributed by atoms with E-state index in [9.17, 15) is 31.1 Å². The Morgan fingerprint density at radius 3 is 2.08 bits per heavy atom. The number of hydrogen-bond acceptors (Lipinski definition) is 4. The maximum Gasteiger partial charge on any atom is 0.416 e. The summed E-state index contributed by atoms with van der Waals surface area (Å²) >= 11 is 0. The van der Waals surface area contributed by atoms with Gasteiger partial charge in [0.15, 0.2) is 5.75 Å². The van der Waals surface area contributed by atoms with Crippen LogP contribution in [-0.2, 0) is 18.9 Å². The summed E-state index contributed by atoms with van der Waals surface area (Å²) in [6, 6.07) is 13.8. The van der Waals surface area contributed by atoms with Crippen LogP contribution in [0.3, 0.4) is 0 Å². The molecule has 5 nitrogen and oxygen atoms in total. The summed E-state index contributed by atoms with van der Waals surface area (Å²) in [5.41, 5.74) is 0.190. The Morgan fingerprint density at radius 2 is 1.49 bits per heavy atom. The first-order chi connectivity index (χ1) is 18.3. The van der Waals surface area contributed by atoms with Gasteiger partial charge in [0.2, 0.25) is 0 Å². The monoisotopic (exact) mass is 545 g/mol. The minimum absolute atomic E-state index is 0.0340. The predicted molar refractivity (Wildman–Crippen MR) is 132 cm³/mol. The van der Waals surface area contributed by atoms with Crippen molar-refractivity contribution in [1.82, 2.24) is 14.9 Å². The molecule has 0 aliphatic rings. The molecule has 4 rings (SSSR count). The highest BCUT2D eigenvalue weighted by molar-refractivity contribution is 5.80. The van der Waals surface area contributed by atoms with Crippen LogP contribution in [-0.4, -0.2) is 28.0 Å². The van der Waals surface area contributed by atoms with Gasteiger partial charge in [-0.15, -0.1) is 0 Å². The van der Waals surface area contributed by atoms with E-state index in [4.69, 9.17) is 4.74 Å². The van der Waals surface area contributed by atoms with Crippen LogP contribution in [0.15, 0.2) is 79.3 Å². The van der Waals surface area contributed by atoms with Gasteiger partial charge < -0.3 is 9.64 Å². The second kappa shape index (κ2) is 10.8. The number of aryl methyl sites for hydroxylation is 1. The van der Waals surface area contributed by atoms with Crippen molar-refractivity contribution in [1.29, 1.82) is 0 Å². The molecule has 202 valence electrons. The van der Waals surface area contributed by atoms with E-state index < -0.39 is 36.1 Å². The van der Waals surface area contributed by atoms with E-state index in [-0.39, 0.29) is 17.4 Å². The van der Waals surface area contributed by atoms with Gasteiger partial charge in [-0.1, -0.05) is 24.3 Å². The normalized spacial score (nSPS) is 11.8. The van der Waals surface area contributed by atoms with Crippen molar-refractivity contribution >= 4 is 6.09 Å². The molecule has 0 aliphatic carbocycles. The molecule has 0 radical (unpaired) electrons. The number of alkyl halides is 6. The standard InChI is InChI=1S/C28H21F6N3O2/c1-17-5-3-4-6-22(17)23-14-24(19-7-9-35-10-8-19)36-15-25(23)39-26(38)37(2)16-18-11-20(27(29,30)31)13-21(12-18)28(32,33)34/h3-15H,16H2,1-2H3. The Bertz CT molecular complexity index is 1450. The van der Waals surface area contributed by atoms with Crippen LogP contribution in [0.5, 0.6) is 5.75 Å². The Hall–Kier alpha value is -4.41. The smallest absolute Gasteiger partial charge is 0.408 e. The first-order valence-corrected chi connectivity index (χ1v) is 11.5. The summed E-state index contributed by atoms with van der Waals surface area (Å²) < 4.78 is 84.9. The first-order valence-electron chi connectivity index (χ1n) is 11.5. The van der Waals surface area contributed by atoms with Gasteiger partial charge in [-0.3, -0.25) is 9.97 Å². The van der Waals surface area contributed by atoms with Crippen molar-refractivity contribution in [2.45, 2.75) is 25.8 Å². The molecule has 2 aromatic carbocycles. The molecule has 2 aromatic heterocycles. The van der Waals surface area contributed by atoms with E-state index in [0.717, 1.165) is 21.6 Å². The molecule has 0 N–H and O–H groups in total. The number of benzene rings is 2. The van der Waals surface area contributed by atoms with Gasteiger partial charge in [0, 0.05) is 37.1 Å². The van der Waals surface area contributed by atoms with Crippen LogP contribution >= 0.6 is 0 Å². The summed E-state index contributed by atoms with van der Waals surface area (Å²) in [7, 11) is 1.21.